The molecule has 0 aliphatic heterocycles. The van der Waals surface area contributed by atoms with Gasteiger partial charge in [0.1, 0.15) is 6.61 Å². The molecule has 1 N–H and O–H groups in total. The molecule has 0 aliphatic carbocycles. The van der Waals surface area contributed by atoms with Crippen molar-refractivity contribution in [3.8, 4) is 0 Å². The van der Waals surface area contributed by atoms with Crippen LogP contribution in [-0.2, 0) is 11.3 Å². The van der Waals surface area contributed by atoms with E-state index in [4.69, 9.17) is 16.3 Å². The molecule has 0 fully saturated rings. The molecule has 0 bridgehead atoms. The molecular weight excluding hydrogens is 282 g/mol. The Morgan fingerprint density at radius 1 is 1.21 bits per heavy atom. The summed E-state index contributed by atoms with van der Waals surface area (Å²) in [5.41, 5.74) is 1.52. The molecule has 0 unspecified atom stereocenters. The first kappa shape index (κ1) is 13.8. The second-order valence-electron chi connectivity index (χ2n) is 3.85. The number of hydrogen-bond acceptors (Lipinski definition) is 3. The number of rotatable bonds is 3. The van der Waals surface area contributed by atoms with E-state index >= 15 is 0 Å². The van der Waals surface area contributed by atoms with Crippen molar-refractivity contribution >= 4 is 36.0 Å². The number of hydrogen-bond donors (Lipinski definition) is 2. The van der Waals surface area contributed by atoms with Crippen molar-refractivity contribution in [2.24, 2.45) is 0 Å². The number of ether oxygens (including phenoxy) is 1. The average molecular weight is 294 g/mol. The predicted molar refractivity (Wildman–Crippen MR) is 79.0 cm³/mol. The molecule has 19 heavy (non-hydrogen) atoms. The summed E-state index contributed by atoms with van der Waals surface area (Å²) in [4.78, 5) is 12.2. The van der Waals surface area contributed by atoms with Crippen LogP contribution in [0.1, 0.15) is 5.56 Å². The van der Waals surface area contributed by atoms with Crippen molar-refractivity contribution in [3.63, 3.8) is 0 Å². The fraction of sp³-hybridized carbons (Fsp3) is 0.0714. The molecule has 0 spiro atoms. The van der Waals surface area contributed by atoms with E-state index in [9.17, 15) is 4.79 Å². The standard InChI is InChI=1S/C14H12ClNO2S/c15-12-7-6-11(8-13(12)19)16-14(17)18-9-10-4-2-1-3-5-10/h1-8,19H,9H2,(H,16,17). The normalized spacial score (nSPS) is 10.0. The highest BCUT2D eigenvalue weighted by atomic mass is 35.5. The Bertz CT molecular complexity index is 575. The SMILES string of the molecule is O=C(Nc1ccc(Cl)c(S)c1)OCc1ccccc1. The molecule has 2 aromatic carbocycles. The summed E-state index contributed by atoms with van der Waals surface area (Å²) in [6.45, 7) is 0.230. The smallest absolute Gasteiger partial charge is 0.411 e. The summed E-state index contributed by atoms with van der Waals surface area (Å²) in [5.74, 6) is 0. The largest absolute Gasteiger partial charge is 0.444 e. The molecule has 2 rings (SSSR count). The Balaban J connectivity index is 1.89. The van der Waals surface area contributed by atoms with Gasteiger partial charge in [-0.1, -0.05) is 41.9 Å². The Morgan fingerprint density at radius 2 is 1.95 bits per heavy atom. The summed E-state index contributed by atoms with van der Waals surface area (Å²) in [5, 5.41) is 3.15. The van der Waals surface area contributed by atoms with Crippen molar-refractivity contribution < 1.29 is 9.53 Å². The molecule has 0 heterocycles. The summed E-state index contributed by atoms with van der Waals surface area (Å²) in [6, 6.07) is 14.5. The van der Waals surface area contributed by atoms with Crippen molar-refractivity contribution in [2.45, 2.75) is 11.5 Å². The van der Waals surface area contributed by atoms with Crippen LogP contribution in [0.15, 0.2) is 53.4 Å². The van der Waals surface area contributed by atoms with Crippen molar-refractivity contribution in [3.05, 3.63) is 59.1 Å². The molecular formula is C14H12ClNO2S. The molecule has 0 radical (unpaired) electrons. The lowest BCUT2D eigenvalue weighted by Crippen LogP contribution is -2.13. The van der Waals surface area contributed by atoms with Gasteiger partial charge in [0.05, 0.1) is 5.02 Å². The fourth-order valence-corrected chi connectivity index (χ4v) is 1.80. The molecule has 98 valence electrons. The van der Waals surface area contributed by atoms with Gasteiger partial charge in [-0.3, -0.25) is 5.32 Å². The van der Waals surface area contributed by atoms with Crippen molar-refractivity contribution in [2.75, 3.05) is 5.32 Å². The quantitative estimate of drug-likeness (QED) is 0.824. The van der Waals surface area contributed by atoms with Gasteiger partial charge in [0.2, 0.25) is 0 Å². The minimum absolute atomic E-state index is 0.230. The van der Waals surface area contributed by atoms with Gasteiger partial charge in [-0.25, -0.2) is 4.79 Å². The minimum atomic E-state index is -0.515. The molecule has 0 aromatic heterocycles. The highest BCUT2D eigenvalue weighted by Gasteiger charge is 2.05. The number of amides is 1. The van der Waals surface area contributed by atoms with Gasteiger partial charge in [0.25, 0.3) is 0 Å². The van der Waals surface area contributed by atoms with E-state index in [1.807, 2.05) is 30.3 Å². The lowest BCUT2D eigenvalue weighted by atomic mass is 10.2. The number of halogens is 1. The van der Waals surface area contributed by atoms with Gasteiger partial charge in [-0.05, 0) is 23.8 Å². The van der Waals surface area contributed by atoms with E-state index in [0.29, 0.717) is 15.6 Å². The lowest BCUT2D eigenvalue weighted by molar-refractivity contribution is 0.155. The van der Waals surface area contributed by atoms with Crippen LogP contribution in [0.2, 0.25) is 5.02 Å². The highest BCUT2D eigenvalue weighted by Crippen LogP contribution is 2.23. The van der Waals surface area contributed by atoms with Crippen LogP contribution in [-0.4, -0.2) is 6.09 Å². The second-order valence-corrected chi connectivity index (χ2v) is 4.74. The summed E-state index contributed by atoms with van der Waals surface area (Å²) in [7, 11) is 0. The zero-order valence-electron chi connectivity index (χ0n) is 9.97. The van der Waals surface area contributed by atoms with Gasteiger partial charge in [0, 0.05) is 10.6 Å². The summed E-state index contributed by atoms with van der Waals surface area (Å²) in [6.07, 6.45) is -0.515. The molecule has 5 heteroatoms. The highest BCUT2D eigenvalue weighted by molar-refractivity contribution is 7.80. The topological polar surface area (TPSA) is 38.3 Å². The van der Waals surface area contributed by atoms with Gasteiger partial charge in [-0.2, -0.15) is 0 Å². The van der Waals surface area contributed by atoms with E-state index in [1.165, 1.54) is 0 Å². The molecule has 0 atom stereocenters. The third-order valence-corrected chi connectivity index (χ3v) is 3.24. The molecule has 0 saturated heterocycles. The average Bonchev–Trinajstić information content (AvgIpc) is 2.42. The number of carbonyl (C=O) groups excluding carboxylic acids is 1. The van der Waals surface area contributed by atoms with Gasteiger partial charge in [0.15, 0.2) is 0 Å². The van der Waals surface area contributed by atoms with E-state index < -0.39 is 6.09 Å². The second kappa shape index (κ2) is 6.50. The van der Waals surface area contributed by atoms with Crippen LogP contribution in [0.5, 0.6) is 0 Å². The van der Waals surface area contributed by atoms with Crippen LogP contribution >= 0.6 is 24.2 Å². The number of thiol groups is 1. The zero-order chi connectivity index (χ0) is 13.7. The Hall–Kier alpha value is -1.65. The van der Waals surface area contributed by atoms with Crippen molar-refractivity contribution in [1.29, 1.82) is 0 Å². The number of nitrogens with one attached hydrogen (secondary N) is 1. The molecule has 2 aromatic rings. The van der Waals surface area contributed by atoms with Crippen LogP contribution in [0.25, 0.3) is 0 Å². The third kappa shape index (κ3) is 4.19. The Labute approximate surface area is 122 Å². The molecule has 1 amide bonds. The Kier molecular flexibility index (Phi) is 4.71. The molecule has 0 aliphatic rings. The fourth-order valence-electron chi connectivity index (χ4n) is 1.47. The van der Waals surface area contributed by atoms with E-state index in [2.05, 4.69) is 17.9 Å². The van der Waals surface area contributed by atoms with Gasteiger partial charge < -0.3 is 4.74 Å². The minimum Gasteiger partial charge on any atom is -0.444 e. The third-order valence-electron chi connectivity index (χ3n) is 2.41. The number of carbonyl (C=O) groups is 1. The maximum absolute atomic E-state index is 11.6. The Morgan fingerprint density at radius 3 is 2.63 bits per heavy atom. The number of anilines is 1. The molecule has 0 saturated carbocycles. The van der Waals surface area contributed by atoms with Crippen LogP contribution in [0.4, 0.5) is 10.5 Å². The predicted octanol–water partition coefficient (Wildman–Crippen LogP) is 4.38. The summed E-state index contributed by atoms with van der Waals surface area (Å²) < 4.78 is 5.09. The maximum Gasteiger partial charge on any atom is 0.411 e. The number of benzene rings is 2. The molecule has 3 nitrogen and oxygen atoms in total. The van der Waals surface area contributed by atoms with Crippen LogP contribution in [0.3, 0.4) is 0 Å². The zero-order valence-corrected chi connectivity index (χ0v) is 11.6. The van der Waals surface area contributed by atoms with E-state index in [1.54, 1.807) is 18.2 Å². The van der Waals surface area contributed by atoms with Crippen LogP contribution in [0, 0.1) is 0 Å². The van der Waals surface area contributed by atoms with Gasteiger partial charge >= 0.3 is 6.09 Å². The van der Waals surface area contributed by atoms with E-state index in [-0.39, 0.29) is 6.61 Å². The van der Waals surface area contributed by atoms with E-state index in [0.717, 1.165) is 5.56 Å². The first-order valence-electron chi connectivity index (χ1n) is 5.61. The first-order valence-corrected chi connectivity index (χ1v) is 6.44. The monoisotopic (exact) mass is 293 g/mol. The lowest BCUT2D eigenvalue weighted by Gasteiger charge is -2.08. The van der Waals surface area contributed by atoms with Gasteiger partial charge in [-0.15, -0.1) is 12.6 Å². The van der Waals surface area contributed by atoms with Crippen molar-refractivity contribution in [1.82, 2.24) is 0 Å². The summed E-state index contributed by atoms with van der Waals surface area (Å²) >= 11 is 10.0. The van der Waals surface area contributed by atoms with Crippen LogP contribution < -0.4 is 5.32 Å². The first-order chi connectivity index (χ1) is 9.15. The maximum atomic E-state index is 11.6.